The number of anilines is 1. The highest BCUT2D eigenvalue weighted by molar-refractivity contribution is 6.23. The number of carbonyl (C=O) groups excluding carboxylic acids is 2. The summed E-state index contributed by atoms with van der Waals surface area (Å²) in [6.45, 7) is 11.3. The van der Waals surface area contributed by atoms with E-state index in [9.17, 15) is 14.0 Å². The molecule has 4 rings (SSSR count). The molecule has 0 bridgehead atoms. The highest BCUT2D eigenvalue weighted by atomic mass is 19.1. The van der Waals surface area contributed by atoms with Gasteiger partial charge in [0.15, 0.2) is 0 Å². The van der Waals surface area contributed by atoms with Crippen molar-refractivity contribution in [3.63, 3.8) is 0 Å². The van der Waals surface area contributed by atoms with Crippen LogP contribution in [0.15, 0.2) is 42.5 Å². The summed E-state index contributed by atoms with van der Waals surface area (Å²) in [6.07, 6.45) is 0. The zero-order chi connectivity index (χ0) is 21.5. The first kappa shape index (κ1) is 20.5. The van der Waals surface area contributed by atoms with Crippen LogP contribution >= 0.6 is 0 Å². The van der Waals surface area contributed by atoms with Crippen molar-refractivity contribution in [2.75, 3.05) is 37.6 Å². The molecule has 30 heavy (non-hydrogen) atoms. The SMILES string of the molecule is CC(C)(C)CN1CCN(c2cccc3c2C(=O)N(Cc2cccc(F)c2)C3=O)CC1. The second kappa shape index (κ2) is 7.84. The number of amides is 2. The molecule has 0 N–H and O–H groups in total. The molecular weight excluding hydrogens is 381 g/mol. The maximum atomic E-state index is 13.5. The summed E-state index contributed by atoms with van der Waals surface area (Å²) in [5.74, 6) is -0.989. The van der Waals surface area contributed by atoms with E-state index in [0.29, 0.717) is 16.7 Å². The Bertz CT molecular complexity index is 975. The van der Waals surface area contributed by atoms with Gasteiger partial charge < -0.3 is 4.90 Å². The van der Waals surface area contributed by atoms with Crippen LogP contribution in [0.2, 0.25) is 0 Å². The minimum atomic E-state index is -0.377. The Morgan fingerprint density at radius 1 is 0.933 bits per heavy atom. The number of benzene rings is 2. The smallest absolute Gasteiger partial charge is 0.263 e. The van der Waals surface area contributed by atoms with E-state index in [1.165, 1.54) is 17.0 Å². The summed E-state index contributed by atoms with van der Waals surface area (Å²) in [4.78, 5) is 32.0. The highest BCUT2D eigenvalue weighted by Gasteiger charge is 2.38. The Morgan fingerprint density at radius 3 is 2.30 bits per heavy atom. The highest BCUT2D eigenvalue weighted by Crippen LogP contribution is 2.33. The van der Waals surface area contributed by atoms with Crippen molar-refractivity contribution in [3.05, 3.63) is 65.0 Å². The van der Waals surface area contributed by atoms with Crippen molar-refractivity contribution in [2.45, 2.75) is 27.3 Å². The summed E-state index contributed by atoms with van der Waals surface area (Å²) >= 11 is 0. The average Bonchev–Trinajstić information content (AvgIpc) is 2.93. The molecule has 0 unspecified atom stereocenters. The van der Waals surface area contributed by atoms with Crippen LogP contribution in [0, 0.1) is 11.2 Å². The van der Waals surface area contributed by atoms with E-state index in [0.717, 1.165) is 38.4 Å². The Labute approximate surface area is 177 Å². The number of carbonyl (C=O) groups is 2. The van der Waals surface area contributed by atoms with Gasteiger partial charge in [-0.1, -0.05) is 39.0 Å². The number of hydrogen-bond acceptors (Lipinski definition) is 4. The maximum Gasteiger partial charge on any atom is 0.263 e. The molecule has 2 aromatic rings. The molecule has 158 valence electrons. The van der Waals surface area contributed by atoms with Crippen molar-refractivity contribution >= 4 is 17.5 Å². The molecule has 0 aliphatic carbocycles. The Hall–Kier alpha value is -2.73. The molecular formula is C24H28FN3O2. The molecule has 0 saturated carbocycles. The van der Waals surface area contributed by atoms with E-state index in [2.05, 4.69) is 30.6 Å². The van der Waals surface area contributed by atoms with Crippen molar-refractivity contribution in [1.29, 1.82) is 0 Å². The molecule has 2 aromatic carbocycles. The molecule has 0 atom stereocenters. The van der Waals surface area contributed by atoms with Gasteiger partial charge in [0, 0.05) is 32.7 Å². The van der Waals surface area contributed by atoms with Gasteiger partial charge >= 0.3 is 0 Å². The summed E-state index contributed by atoms with van der Waals surface area (Å²) in [7, 11) is 0. The zero-order valence-corrected chi connectivity index (χ0v) is 17.8. The van der Waals surface area contributed by atoms with Gasteiger partial charge in [-0.2, -0.15) is 0 Å². The van der Waals surface area contributed by atoms with E-state index in [-0.39, 0.29) is 29.6 Å². The lowest BCUT2D eigenvalue weighted by molar-refractivity contribution is 0.0642. The van der Waals surface area contributed by atoms with Crippen molar-refractivity contribution in [1.82, 2.24) is 9.80 Å². The first-order chi connectivity index (χ1) is 14.2. The summed E-state index contributed by atoms with van der Waals surface area (Å²) in [5, 5.41) is 0. The van der Waals surface area contributed by atoms with Crippen LogP contribution in [-0.2, 0) is 6.54 Å². The topological polar surface area (TPSA) is 43.9 Å². The van der Waals surface area contributed by atoms with Crippen LogP contribution in [0.4, 0.5) is 10.1 Å². The number of piperazine rings is 1. The fourth-order valence-corrected chi connectivity index (χ4v) is 4.36. The predicted molar refractivity (Wildman–Crippen MR) is 115 cm³/mol. The molecule has 2 aliphatic rings. The van der Waals surface area contributed by atoms with Crippen molar-refractivity contribution in [3.8, 4) is 0 Å². The third-order valence-electron chi connectivity index (χ3n) is 5.62. The van der Waals surface area contributed by atoms with Crippen LogP contribution < -0.4 is 4.90 Å². The van der Waals surface area contributed by atoms with Crippen LogP contribution in [0.3, 0.4) is 0 Å². The first-order valence-corrected chi connectivity index (χ1v) is 10.4. The van der Waals surface area contributed by atoms with E-state index in [1.54, 1.807) is 18.2 Å². The minimum Gasteiger partial charge on any atom is -0.368 e. The molecule has 5 nitrogen and oxygen atoms in total. The maximum absolute atomic E-state index is 13.5. The van der Waals surface area contributed by atoms with E-state index in [1.807, 2.05) is 12.1 Å². The number of halogens is 1. The largest absolute Gasteiger partial charge is 0.368 e. The first-order valence-electron chi connectivity index (χ1n) is 10.4. The lowest BCUT2D eigenvalue weighted by Crippen LogP contribution is -2.49. The predicted octanol–water partition coefficient (Wildman–Crippen LogP) is 3.79. The monoisotopic (exact) mass is 409 g/mol. The molecule has 1 fully saturated rings. The van der Waals surface area contributed by atoms with E-state index < -0.39 is 0 Å². The Kier molecular flexibility index (Phi) is 5.36. The van der Waals surface area contributed by atoms with Gasteiger partial charge in [0.05, 0.1) is 23.4 Å². The third kappa shape index (κ3) is 4.10. The molecule has 0 radical (unpaired) electrons. The number of nitrogens with zero attached hydrogens (tertiary/aromatic N) is 3. The fraction of sp³-hybridized carbons (Fsp3) is 0.417. The Morgan fingerprint density at radius 2 is 1.63 bits per heavy atom. The quantitative estimate of drug-likeness (QED) is 0.721. The number of imide groups is 1. The summed E-state index contributed by atoms with van der Waals surface area (Å²) < 4.78 is 13.5. The lowest BCUT2D eigenvalue weighted by Gasteiger charge is -2.39. The van der Waals surface area contributed by atoms with Crippen LogP contribution in [-0.4, -0.2) is 54.3 Å². The fourth-order valence-electron chi connectivity index (χ4n) is 4.36. The van der Waals surface area contributed by atoms with Gasteiger partial charge in [-0.15, -0.1) is 0 Å². The molecule has 1 saturated heterocycles. The molecule has 2 amide bonds. The number of hydrogen-bond donors (Lipinski definition) is 0. The zero-order valence-electron chi connectivity index (χ0n) is 17.8. The van der Waals surface area contributed by atoms with Gasteiger partial charge in [0.2, 0.25) is 0 Å². The number of rotatable bonds is 4. The number of fused-ring (bicyclic) bond motifs is 1. The normalized spacial score (nSPS) is 17.6. The van der Waals surface area contributed by atoms with Crippen LogP contribution in [0.1, 0.15) is 47.1 Å². The van der Waals surface area contributed by atoms with Gasteiger partial charge in [-0.3, -0.25) is 19.4 Å². The molecule has 2 heterocycles. The molecule has 0 aromatic heterocycles. The van der Waals surface area contributed by atoms with Crippen LogP contribution in [0.25, 0.3) is 0 Å². The third-order valence-corrected chi connectivity index (χ3v) is 5.62. The van der Waals surface area contributed by atoms with Crippen molar-refractivity contribution < 1.29 is 14.0 Å². The molecule has 2 aliphatic heterocycles. The second-order valence-corrected chi connectivity index (χ2v) is 9.35. The van der Waals surface area contributed by atoms with E-state index in [4.69, 9.17) is 0 Å². The van der Waals surface area contributed by atoms with Gasteiger partial charge in [0.1, 0.15) is 5.82 Å². The van der Waals surface area contributed by atoms with E-state index >= 15 is 0 Å². The average molecular weight is 410 g/mol. The second-order valence-electron chi connectivity index (χ2n) is 9.35. The summed E-state index contributed by atoms with van der Waals surface area (Å²) in [5.41, 5.74) is 2.58. The van der Waals surface area contributed by atoms with Crippen molar-refractivity contribution in [2.24, 2.45) is 5.41 Å². The van der Waals surface area contributed by atoms with Gasteiger partial charge in [0.25, 0.3) is 11.8 Å². The standard InChI is InChI=1S/C24H28FN3O2/c1-24(2,3)16-26-10-12-27(13-11-26)20-9-5-8-19-21(20)23(30)28(22(19)29)15-17-6-4-7-18(25)14-17/h4-9,14H,10-13,15-16H2,1-3H3. The molecule has 0 spiro atoms. The van der Waals surface area contributed by atoms with Crippen LogP contribution in [0.5, 0.6) is 0 Å². The van der Waals surface area contributed by atoms with Gasteiger partial charge in [-0.05, 0) is 35.2 Å². The summed E-state index contributed by atoms with van der Waals surface area (Å²) in [6, 6.07) is 11.5. The Balaban J connectivity index is 1.54. The lowest BCUT2D eigenvalue weighted by atomic mass is 9.95. The minimum absolute atomic E-state index is 0.0723. The van der Waals surface area contributed by atoms with Gasteiger partial charge in [-0.25, -0.2) is 4.39 Å². The molecule has 6 heteroatoms.